The van der Waals surface area contributed by atoms with Gasteiger partial charge in [0.25, 0.3) is 0 Å². The van der Waals surface area contributed by atoms with Crippen LogP contribution in [-0.4, -0.2) is 29.2 Å². The molecule has 0 radical (unpaired) electrons. The van der Waals surface area contributed by atoms with E-state index in [4.69, 9.17) is 0 Å². The average molecular weight is 272 g/mol. The van der Waals surface area contributed by atoms with Gasteiger partial charge in [0, 0.05) is 24.3 Å². The summed E-state index contributed by atoms with van der Waals surface area (Å²) in [6, 6.07) is 0. The minimum Gasteiger partial charge on any atom is -0.342 e. The Morgan fingerprint density at radius 3 is 2.60 bits per heavy atom. The molecule has 2 saturated carbocycles. The first-order valence-electron chi connectivity index (χ1n) is 6.16. The molecule has 1 amide bonds. The van der Waals surface area contributed by atoms with Gasteiger partial charge in [-0.05, 0) is 37.0 Å². The number of alkyl halides is 1. The highest BCUT2D eigenvalue weighted by Crippen LogP contribution is 2.58. The van der Waals surface area contributed by atoms with Crippen molar-refractivity contribution < 1.29 is 4.79 Å². The van der Waals surface area contributed by atoms with Crippen LogP contribution in [0.15, 0.2) is 0 Å². The predicted octanol–water partition coefficient (Wildman–Crippen LogP) is 2.28. The van der Waals surface area contributed by atoms with Gasteiger partial charge in [0.2, 0.25) is 5.91 Å². The highest BCUT2D eigenvalue weighted by molar-refractivity contribution is 9.09. The van der Waals surface area contributed by atoms with E-state index in [-0.39, 0.29) is 0 Å². The van der Waals surface area contributed by atoms with Crippen molar-refractivity contribution in [2.24, 2.45) is 23.7 Å². The van der Waals surface area contributed by atoms with Crippen LogP contribution in [0.5, 0.6) is 0 Å². The van der Waals surface area contributed by atoms with E-state index in [1.165, 1.54) is 25.7 Å². The van der Waals surface area contributed by atoms with Crippen LogP contribution in [0.1, 0.15) is 25.7 Å². The first-order valence-corrected chi connectivity index (χ1v) is 7.28. The molecule has 2 nitrogen and oxygen atoms in total. The van der Waals surface area contributed by atoms with E-state index < -0.39 is 0 Å². The van der Waals surface area contributed by atoms with Crippen molar-refractivity contribution in [1.29, 1.82) is 0 Å². The molecule has 3 atom stereocenters. The Morgan fingerprint density at radius 2 is 2.00 bits per heavy atom. The SMILES string of the molecule is O=C(C1C2CCCC21)N1CCC(CBr)C1. The maximum Gasteiger partial charge on any atom is 0.226 e. The Hall–Kier alpha value is -0.0500. The zero-order chi connectivity index (χ0) is 10.4. The monoisotopic (exact) mass is 271 g/mol. The predicted molar refractivity (Wildman–Crippen MR) is 62.8 cm³/mol. The molecular weight excluding hydrogens is 254 g/mol. The summed E-state index contributed by atoms with van der Waals surface area (Å²) < 4.78 is 0. The molecule has 84 valence electrons. The van der Waals surface area contributed by atoms with E-state index in [9.17, 15) is 4.79 Å². The number of rotatable bonds is 2. The van der Waals surface area contributed by atoms with E-state index in [1.54, 1.807) is 0 Å². The van der Waals surface area contributed by atoms with Crippen molar-refractivity contribution in [2.75, 3.05) is 18.4 Å². The third kappa shape index (κ3) is 1.63. The number of carbonyl (C=O) groups excluding carboxylic acids is 1. The van der Waals surface area contributed by atoms with E-state index in [2.05, 4.69) is 20.8 Å². The van der Waals surface area contributed by atoms with Gasteiger partial charge in [0.15, 0.2) is 0 Å². The van der Waals surface area contributed by atoms with Crippen molar-refractivity contribution >= 4 is 21.8 Å². The van der Waals surface area contributed by atoms with Crippen LogP contribution in [0.3, 0.4) is 0 Å². The summed E-state index contributed by atoms with van der Waals surface area (Å²) in [6.07, 6.45) is 5.19. The molecule has 1 saturated heterocycles. The summed E-state index contributed by atoms with van der Waals surface area (Å²) in [7, 11) is 0. The van der Waals surface area contributed by atoms with Gasteiger partial charge in [-0.1, -0.05) is 22.4 Å². The van der Waals surface area contributed by atoms with Gasteiger partial charge < -0.3 is 4.90 Å². The normalized spacial score (nSPS) is 43.1. The number of halogens is 1. The highest BCUT2D eigenvalue weighted by atomic mass is 79.9. The van der Waals surface area contributed by atoms with Crippen LogP contribution in [0.25, 0.3) is 0 Å². The Balaban J connectivity index is 1.58. The molecule has 2 aliphatic carbocycles. The second-order valence-corrected chi connectivity index (χ2v) is 6.03. The first kappa shape index (κ1) is 10.1. The van der Waals surface area contributed by atoms with Crippen LogP contribution >= 0.6 is 15.9 Å². The van der Waals surface area contributed by atoms with Crippen molar-refractivity contribution in [3.63, 3.8) is 0 Å². The van der Waals surface area contributed by atoms with Gasteiger partial charge in [-0.15, -0.1) is 0 Å². The average Bonchev–Trinajstić information content (AvgIpc) is 2.73. The Labute approximate surface area is 99.5 Å². The zero-order valence-corrected chi connectivity index (χ0v) is 10.6. The summed E-state index contributed by atoms with van der Waals surface area (Å²) in [5, 5.41) is 1.05. The molecule has 3 aliphatic rings. The number of hydrogen-bond donors (Lipinski definition) is 0. The first-order chi connectivity index (χ1) is 7.31. The molecule has 1 heterocycles. The molecule has 0 bridgehead atoms. The summed E-state index contributed by atoms with van der Waals surface area (Å²) >= 11 is 3.52. The number of amides is 1. The lowest BCUT2D eigenvalue weighted by Crippen LogP contribution is -2.31. The lowest BCUT2D eigenvalue weighted by Gasteiger charge is -2.17. The molecule has 0 spiro atoms. The summed E-state index contributed by atoms with van der Waals surface area (Å²) in [4.78, 5) is 14.3. The molecule has 3 fully saturated rings. The van der Waals surface area contributed by atoms with E-state index in [0.29, 0.717) is 17.7 Å². The molecule has 1 aliphatic heterocycles. The van der Waals surface area contributed by atoms with Gasteiger partial charge in [-0.2, -0.15) is 0 Å². The van der Waals surface area contributed by atoms with Crippen molar-refractivity contribution in [2.45, 2.75) is 25.7 Å². The summed E-state index contributed by atoms with van der Waals surface area (Å²) in [5.74, 6) is 3.18. The molecule has 0 aromatic carbocycles. The van der Waals surface area contributed by atoms with Crippen LogP contribution in [0, 0.1) is 23.7 Å². The van der Waals surface area contributed by atoms with Crippen LogP contribution in [0.2, 0.25) is 0 Å². The second-order valence-electron chi connectivity index (χ2n) is 5.38. The summed E-state index contributed by atoms with van der Waals surface area (Å²) in [5.41, 5.74) is 0. The largest absolute Gasteiger partial charge is 0.342 e. The third-order valence-corrected chi connectivity index (χ3v) is 5.42. The smallest absolute Gasteiger partial charge is 0.226 e. The van der Waals surface area contributed by atoms with Gasteiger partial charge in [0.05, 0.1) is 0 Å². The van der Waals surface area contributed by atoms with E-state index >= 15 is 0 Å². The zero-order valence-electron chi connectivity index (χ0n) is 8.99. The number of fused-ring (bicyclic) bond motifs is 1. The third-order valence-electron chi connectivity index (χ3n) is 4.51. The highest BCUT2D eigenvalue weighted by Gasteiger charge is 2.57. The fourth-order valence-corrected chi connectivity index (χ4v) is 4.09. The van der Waals surface area contributed by atoms with Crippen molar-refractivity contribution in [1.82, 2.24) is 4.90 Å². The lowest BCUT2D eigenvalue weighted by molar-refractivity contribution is -0.132. The van der Waals surface area contributed by atoms with E-state index in [1.807, 2.05) is 0 Å². The summed E-state index contributed by atoms with van der Waals surface area (Å²) in [6.45, 7) is 2.01. The fourth-order valence-electron chi connectivity index (χ4n) is 3.56. The molecule has 0 N–H and O–H groups in total. The quantitative estimate of drug-likeness (QED) is 0.706. The van der Waals surface area contributed by atoms with Gasteiger partial charge >= 0.3 is 0 Å². The Bertz CT molecular complexity index is 271. The van der Waals surface area contributed by atoms with Gasteiger partial charge in [-0.25, -0.2) is 0 Å². The molecule has 3 rings (SSSR count). The minimum atomic E-state index is 0.438. The molecule has 3 heteroatoms. The van der Waals surface area contributed by atoms with Crippen LogP contribution < -0.4 is 0 Å². The number of nitrogens with zero attached hydrogens (tertiary/aromatic N) is 1. The van der Waals surface area contributed by atoms with Crippen molar-refractivity contribution in [3.8, 4) is 0 Å². The topological polar surface area (TPSA) is 20.3 Å². The molecule has 15 heavy (non-hydrogen) atoms. The fraction of sp³-hybridized carbons (Fsp3) is 0.917. The minimum absolute atomic E-state index is 0.438. The van der Waals surface area contributed by atoms with E-state index in [0.717, 1.165) is 30.3 Å². The van der Waals surface area contributed by atoms with Crippen LogP contribution in [-0.2, 0) is 4.79 Å². The molecular formula is C12H18BrNO. The Kier molecular flexibility index (Phi) is 2.54. The maximum atomic E-state index is 12.2. The van der Waals surface area contributed by atoms with Gasteiger partial charge in [0.1, 0.15) is 0 Å². The number of hydrogen-bond acceptors (Lipinski definition) is 1. The standard InChI is InChI=1S/C12H18BrNO/c13-6-8-4-5-14(7-8)12(15)11-9-2-1-3-10(9)11/h8-11H,1-7H2. The molecule has 0 aromatic heterocycles. The second kappa shape index (κ2) is 3.76. The maximum absolute atomic E-state index is 12.2. The number of carbonyl (C=O) groups is 1. The Morgan fingerprint density at radius 1 is 1.27 bits per heavy atom. The number of likely N-dealkylation sites (tertiary alicyclic amines) is 1. The van der Waals surface area contributed by atoms with Crippen LogP contribution in [0.4, 0.5) is 0 Å². The van der Waals surface area contributed by atoms with Crippen molar-refractivity contribution in [3.05, 3.63) is 0 Å². The lowest BCUT2D eigenvalue weighted by atomic mass is 10.1. The molecule has 0 aromatic rings. The molecule has 3 unspecified atom stereocenters. The van der Waals surface area contributed by atoms with Gasteiger partial charge in [-0.3, -0.25) is 4.79 Å².